The van der Waals surface area contributed by atoms with Crippen LogP contribution in [0.5, 0.6) is 0 Å². The maximum Gasteiger partial charge on any atom is 0.305 e. The molecule has 5 nitrogen and oxygen atoms in total. The Morgan fingerprint density at radius 2 is 2.12 bits per heavy atom. The van der Waals surface area contributed by atoms with Crippen LogP contribution in [0.3, 0.4) is 0 Å². The van der Waals surface area contributed by atoms with Crippen molar-refractivity contribution in [1.82, 2.24) is 0 Å². The number of hydrogen-bond acceptors (Lipinski definition) is 4. The summed E-state index contributed by atoms with van der Waals surface area (Å²) in [5, 5.41) is 18.1. The van der Waals surface area contributed by atoms with Crippen LogP contribution in [0.15, 0.2) is 24.3 Å². The number of nitrogen functional groups attached to an aromatic ring is 1. The molecule has 1 aromatic carbocycles. The molecule has 0 aliphatic heterocycles. The molecule has 0 aliphatic carbocycles. The topological polar surface area (TPSA) is 86.8 Å². The number of rotatable bonds is 6. The van der Waals surface area contributed by atoms with Crippen LogP contribution in [-0.2, 0) is 4.79 Å². The molecule has 0 saturated carbocycles. The molecule has 0 fully saturated rings. The van der Waals surface area contributed by atoms with Crippen LogP contribution in [-0.4, -0.2) is 35.4 Å². The van der Waals surface area contributed by atoms with Crippen LogP contribution < -0.4 is 10.6 Å². The molecule has 1 aromatic rings. The van der Waals surface area contributed by atoms with E-state index in [2.05, 4.69) is 0 Å². The van der Waals surface area contributed by atoms with E-state index in [0.29, 0.717) is 18.8 Å². The van der Waals surface area contributed by atoms with Gasteiger partial charge in [0, 0.05) is 13.1 Å². The first-order chi connectivity index (χ1) is 8.00. The summed E-state index contributed by atoms with van der Waals surface area (Å²) in [5.74, 6) is -0.866. The Balaban J connectivity index is 2.82. The Bertz CT molecular complexity index is 380. The van der Waals surface area contributed by atoms with E-state index >= 15 is 0 Å². The first-order valence-electron chi connectivity index (χ1n) is 5.50. The van der Waals surface area contributed by atoms with Gasteiger partial charge in [-0.3, -0.25) is 4.79 Å². The summed E-state index contributed by atoms with van der Waals surface area (Å²) in [5.41, 5.74) is 7.17. The van der Waals surface area contributed by atoms with E-state index in [-0.39, 0.29) is 6.42 Å². The minimum atomic E-state index is -0.866. The van der Waals surface area contributed by atoms with Crippen molar-refractivity contribution < 1.29 is 15.0 Å². The zero-order chi connectivity index (χ0) is 12.8. The minimum Gasteiger partial charge on any atom is -0.481 e. The second-order valence-electron chi connectivity index (χ2n) is 4.00. The lowest BCUT2D eigenvalue weighted by molar-refractivity contribution is -0.136. The molecule has 1 atom stereocenters. The number of aliphatic hydroxyl groups excluding tert-OH is 1. The molecule has 5 heteroatoms. The zero-order valence-electron chi connectivity index (χ0n) is 9.84. The highest BCUT2D eigenvalue weighted by Gasteiger charge is 2.13. The van der Waals surface area contributed by atoms with E-state index in [9.17, 15) is 9.90 Å². The Labute approximate surface area is 100 Å². The van der Waals surface area contributed by atoms with E-state index in [1.165, 1.54) is 0 Å². The number of benzene rings is 1. The fourth-order valence-electron chi connectivity index (χ4n) is 1.64. The molecule has 0 bridgehead atoms. The van der Waals surface area contributed by atoms with Gasteiger partial charge in [0.15, 0.2) is 0 Å². The standard InChI is InChI=1S/C12H18N2O3/c1-9(15)8-14(7-6-12(16)17)11-5-3-2-4-10(11)13/h2-5,9,15H,6-8,13H2,1H3,(H,16,17). The maximum atomic E-state index is 10.6. The highest BCUT2D eigenvalue weighted by atomic mass is 16.4. The number of anilines is 2. The number of aliphatic hydroxyl groups is 1. The van der Waals surface area contributed by atoms with E-state index in [4.69, 9.17) is 10.8 Å². The van der Waals surface area contributed by atoms with Gasteiger partial charge in [-0.05, 0) is 19.1 Å². The molecule has 0 aliphatic rings. The van der Waals surface area contributed by atoms with Crippen LogP contribution in [0.25, 0.3) is 0 Å². The number of carboxylic acids is 1. The van der Waals surface area contributed by atoms with Crippen LogP contribution >= 0.6 is 0 Å². The number of para-hydroxylation sites is 2. The van der Waals surface area contributed by atoms with E-state index in [1.807, 2.05) is 18.2 Å². The summed E-state index contributed by atoms with van der Waals surface area (Å²) in [6, 6.07) is 7.22. The van der Waals surface area contributed by atoms with Crippen molar-refractivity contribution in [2.75, 3.05) is 23.7 Å². The molecular weight excluding hydrogens is 220 g/mol. The van der Waals surface area contributed by atoms with Crippen molar-refractivity contribution in [2.45, 2.75) is 19.4 Å². The predicted octanol–water partition coefficient (Wildman–Crippen LogP) is 0.931. The lowest BCUT2D eigenvalue weighted by Gasteiger charge is -2.26. The van der Waals surface area contributed by atoms with Crippen molar-refractivity contribution in [1.29, 1.82) is 0 Å². The fourth-order valence-corrected chi connectivity index (χ4v) is 1.64. The van der Waals surface area contributed by atoms with Crippen molar-refractivity contribution in [3.63, 3.8) is 0 Å². The van der Waals surface area contributed by atoms with E-state index in [0.717, 1.165) is 5.69 Å². The molecule has 17 heavy (non-hydrogen) atoms. The van der Waals surface area contributed by atoms with Gasteiger partial charge in [-0.1, -0.05) is 12.1 Å². The molecular formula is C12H18N2O3. The van der Waals surface area contributed by atoms with Crippen molar-refractivity contribution in [2.24, 2.45) is 0 Å². The van der Waals surface area contributed by atoms with Gasteiger partial charge >= 0.3 is 5.97 Å². The normalized spacial score (nSPS) is 12.1. The molecule has 0 radical (unpaired) electrons. The molecule has 0 saturated heterocycles. The van der Waals surface area contributed by atoms with Gasteiger partial charge in [0.2, 0.25) is 0 Å². The van der Waals surface area contributed by atoms with E-state index < -0.39 is 12.1 Å². The number of nitrogens with two attached hydrogens (primary N) is 1. The quantitative estimate of drug-likeness (QED) is 0.642. The van der Waals surface area contributed by atoms with Gasteiger partial charge in [0.25, 0.3) is 0 Å². The number of carbonyl (C=O) groups is 1. The summed E-state index contributed by atoms with van der Waals surface area (Å²) in [6.07, 6.45) is -0.524. The SMILES string of the molecule is CC(O)CN(CCC(=O)O)c1ccccc1N. The van der Waals surface area contributed by atoms with Crippen molar-refractivity contribution in [3.8, 4) is 0 Å². The summed E-state index contributed by atoms with van der Waals surface area (Å²) >= 11 is 0. The number of nitrogens with zero attached hydrogens (tertiary/aromatic N) is 1. The maximum absolute atomic E-state index is 10.6. The Kier molecular flexibility index (Phi) is 4.78. The lowest BCUT2D eigenvalue weighted by Crippen LogP contribution is -2.33. The average Bonchev–Trinajstić information content (AvgIpc) is 2.24. The number of carboxylic acid groups (broad SMARTS) is 1. The Morgan fingerprint density at radius 3 is 2.65 bits per heavy atom. The van der Waals surface area contributed by atoms with Gasteiger partial charge in [-0.15, -0.1) is 0 Å². The highest BCUT2D eigenvalue weighted by Crippen LogP contribution is 2.22. The van der Waals surface area contributed by atoms with Crippen LogP contribution in [0, 0.1) is 0 Å². The van der Waals surface area contributed by atoms with Gasteiger partial charge in [-0.2, -0.15) is 0 Å². The third-order valence-electron chi connectivity index (χ3n) is 2.36. The first-order valence-corrected chi connectivity index (χ1v) is 5.50. The zero-order valence-corrected chi connectivity index (χ0v) is 9.84. The van der Waals surface area contributed by atoms with Gasteiger partial charge < -0.3 is 20.8 Å². The molecule has 1 rings (SSSR count). The van der Waals surface area contributed by atoms with E-state index in [1.54, 1.807) is 17.9 Å². The lowest BCUT2D eigenvalue weighted by atomic mass is 10.2. The molecule has 1 unspecified atom stereocenters. The minimum absolute atomic E-state index is 0.0149. The Morgan fingerprint density at radius 1 is 1.47 bits per heavy atom. The summed E-state index contributed by atoms with van der Waals surface area (Å²) in [7, 11) is 0. The molecule has 0 amide bonds. The average molecular weight is 238 g/mol. The monoisotopic (exact) mass is 238 g/mol. The van der Waals surface area contributed by atoms with Gasteiger partial charge in [-0.25, -0.2) is 0 Å². The summed E-state index contributed by atoms with van der Waals surface area (Å²) in [4.78, 5) is 12.4. The summed E-state index contributed by atoms with van der Waals surface area (Å²) < 4.78 is 0. The Hall–Kier alpha value is -1.75. The first kappa shape index (κ1) is 13.3. The van der Waals surface area contributed by atoms with Crippen LogP contribution in [0.4, 0.5) is 11.4 Å². The van der Waals surface area contributed by atoms with Crippen molar-refractivity contribution >= 4 is 17.3 Å². The van der Waals surface area contributed by atoms with Gasteiger partial charge in [0.1, 0.15) is 0 Å². The molecule has 4 N–H and O–H groups in total. The molecule has 0 heterocycles. The second kappa shape index (κ2) is 6.10. The van der Waals surface area contributed by atoms with Crippen LogP contribution in [0.1, 0.15) is 13.3 Å². The largest absolute Gasteiger partial charge is 0.481 e. The molecule has 94 valence electrons. The summed E-state index contributed by atoms with van der Waals surface area (Å²) in [6.45, 7) is 2.35. The van der Waals surface area contributed by atoms with Gasteiger partial charge in [0.05, 0.1) is 23.9 Å². The highest BCUT2D eigenvalue weighted by molar-refractivity contribution is 5.70. The second-order valence-corrected chi connectivity index (χ2v) is 4.00. The smallest absolute Gasteiger partial charge is 0.305 e. The predicted molar refractivity (Wildman–Crippen MR) is 67.0 cm³/mol. The third kappa shape index (κ3) is 4.32. The van der Waals surface area contributed by atoms with Crippen LogP contribution in [0.2, 0.25) is 0 Å². The third-order valence-corrected chi connectivity index (χ3v) is 2.36. The number of hydrogen-bond donors (Lipinski definition) is 3. The molecule has 0 aromatic heterocycles. The molecule has 0 spiro atoms. The fraction of sp³-hybridized carbons (Fsp3) is 0.417. The number of aliphatic carboxylic acids is 1. The van der Waals surface area contributed by atoms with Crippen molar-refractivity contribution in [3.05, 3.63) is 24.3 Å².